The lowest BCUT2D eigenvalue weighted by atomic mass is 9.62. The molecule has 0 heterocycles. The van der Waals surface area contributed by atoms with Crippen LogP contribution in [0.5, 0.6) is 0 Å². The fourth-order valence-corrected chi connectivity index (χ4v) is 5.39. The number of allylic oxidation sites excluding steroid dienone is 3. The van der Waals surface area contributed by atoms with Gasteiger partial charge >= 0.3 is 0 Å². The van der Waals surface area contributed by atoms with E-state index in [0.29, 0.717) is 29.1 Å². The third kappa shape index (κ3) is 4.24. The van der Waals surface area contributed by atoms with Gasteiger partial charge in [-0.3, -0.25) is 0 Å². The van der Waals surface area contributed by atoms with Crippen molar-refractivity contribution in [1.29, 1.82) is 0 Å². The molecule has 0 bridgehead atoms. The predicted molar refractivity (Wildman–Crippen MR) is 103 cm³/mol. The van der Waals surface area contributed by atoms with Gasteiger partial charge in [-0.1, -0.05) is 32.8 Å². The van der Waals surface area contributed by atoms with Crippen LogP contribution in [0.4, 0.5) is 0 Å². The van der Waals surface area contributed by atoms with E-state index in [0.717, 1.165) is 5.92 Å². The van der Waals surface area contributed by atoms with Gasteiger partial charge in [-0.2, -0.15) is 0 Å². The van der Waals surface area contributed by atoms with Crippen LogP contribution in [0.25, 0.3) is 0 Å². The summed E-state index contributed by atoms with van der Waals surface area (Å²) in [5.41, 5.74) is 1.81. The molecule has 5 atom stereocenters. The largest absolute Gasteiger partial charge is 0.509 e. The van der Waals surface area contributed by atoms with E-state index in [4.69, 9.17) is 9.47 Å². The van der Waals surface area contributed by atoms with Crippen molar-refractivity contribution in [1.82, 2.24) is 0 Å². The predicted octanol–water partition coefficient (Wildman–Crippen LogP) is 6.02. The molecule has 2 fully saturated rings. The Morgan fingerprint density at radius 2 is 2.00 bits per heavy atom. The van der Waals surface area contributed by atoms with E-state index < -0.39 is 0 Å². The first-order chi connectivity index (χ1) is 11.9. The first-order valence-electron chi connectivity index (χ1n) is 10.0. The molecule has 5 unspecified atom stereocenters. The van der Waals surface area contributed by atoms with Crippen molar-refractivity contribution >= 4 is 0 Å². The Bertz CT molecular complexity index is 503. The second kappa shape index (κ2) is 8.62. The second-order valence-electron chi connectivity index (χ2n) is 8.46. The number of aliphatic hydroxyl groups excluding tert-OH is 1. The molecule has 144 valence electrons. The number of ether oxygens (including phenoxy) is 2. The summed E-state index contributed by atoms with van der Waals surface area (Å²) in [7, 11) is 3.52. The minimum Gasteiger partial charge on any atom is -0.509 e. The van der Waals surface area contributed by atoms with Gasteiger partial charge < -0.3 is 14.6 Å². The van der Waals surface area contributed by atoms with Crippen LogP contribution in [0.2, 0.25) is 0 Å². The zero-order valence-corrected chi connectivity index (χ0v) is 17.1. The van der Waals surface area contributed by atoms with E-state index in [1.165, 1.54) is 50.5 Å². The highest BCUT2D eigenvalue weighted by Gasteiger charge is 2.50. The molecule has 3 heteroatoms. The van der Waals surface area contributed by atoms with Crippen LogP contribution in [0.3, 0.4) is 0 Å². The summed E-state index contributed by atoms with van der Waals surface area (Å²) in [5, 5.41) is 9.92. The van der Waals surface area contributed by atoms with Gasteiger partial charge in [0.15, 0.2) is 5.76 Å². The van der Waals surface area contributed by atoms with E-state index in [1.807, 2.05) is 7.11 Å². The maximum atomic E-state index is 9.92. The summed E-state index contributed by atoms with van der Waals surface area (Å²) in [5.74, 6) is 2.76. The summed E-state index contributed by atoms with van der Waals surface area (Å²) in [4.78, 5) is 0. The van der Waals surface area contributed by atoms with Crippen molar-refractivity contribution in [2.24, 2.45) is 23.2 Å². The topological polar surface area (TPSA) is 38.7 Å². The molecular formula is C22H38O3. The van der Waals surface area contributed by atoms with Crippen LogP contribution in [0.15, 0.2) is 23.2 Å². The zero-order chi connectivity index (χ0) is 18.6. The molecule has 0 radical (unpaired) electrons. The van der Waals surface area contributed by atoms with Crippen molar-refractivity contribution in [3.05, 3.63) is 23.2 Å². The molecule has 3 nitrogen and oxygen atoms in total. The fraction of sp³-hybridized carbons (Fsp3) is 0.818. The van der Waals surface area contributed by atoms with Crippen LogP contribution in [-0.2, 0) is 9.47 Å². The van der Waals surface area contributed by atoms with Gasteiger partial charge in [-0.15, -0.1) is 0 Å². The maximum Gasteiger partial charge on any atom is 0.155 e. The number of hydrogen-bond acceptors (Lipinski definition) is 3. The Kier molecular flexibility index (Phi) is 7.01. The minimum absolute atomic E-state index is 0.268. The van der Waals surface area contributed by atoms with Gasteiger partial charge in [0.25, 0.3) is 0 Å². The maximum absolute atomic E-state index is 9.92. The average Bonchev–Trinajstić information content (AvgIpc) is 2.91. The molecule has 0 spiro atoms. The Labute approximate surface area is 154 Å². The van der Waals surface area contributed by atoms with Crippen LogP contribution >= 0.6 is 0 Å². The van der Waals surface area contributed by atoms with Gasteiger partial charge in [0.05, 0.1) is 13.2 Å². The quantitative estimate of drug-likeness (QED) is 0.451. The number of aliphatic hydroxyl groups is 1. The van der Waals surface area contributed by atoms with E-state index >= 15 is 0 Å². The van der Waals surface area contributed by atoms with Crippen molar-refractivity contribution in [2.45, 2.75) is 78.7 Å². The molecule has 2 rings (SSSR count). The molecule has 0 aromatic heterocycles. The van der Waals surface area contributed by atoms with Gasteiger partial charge in [-0.25, -0.2) is 0 Å². The Balaban J connectivity index is 2.25. The average molecular weight is 351 g/mol. The summed E-state index contributed by atoms with van der Waals surface area (Å²) >= 11 is 0. The van der Waals surface area contributed by atoms with E-state index in [1.54, 1.807) is 14.0 Å². The van der Waals surface area contributed by atoms with Gasteiger partial charge in [0.1, 0.15) is 5.76 Å². The molecule has 1 N–H and O–H groups in total. The summed E-state index contributed by atoms with van der Waals surface area (Å²) in [6.45, 7) is 8.72. The summed E-state index contributed by atoms with van der Waals surface area (Å²) < 4.78 is 11.2. The van der Waals surface area contributed by atoms with Gasteiger partial charge in [-0.05, 0) is 74.7 Å². The number of methoxy groups -OCH3 is 2. The van der Waals surface area contributed by atoms with Crippen LogP contribution in [0, 0.1) is 23.2 Å². The first kappa shape index (κ1) is 20.4. The monoisotopic (exact) mass is 350 g/mol. The second-order valence-corrected chi connectivity index (χ2v) is 8.46. The molecular weight excluding hydrogens is 312 g/mol. The summed E-state index contributed by atoms with van der Waals surface area (Å²) in [6, 6.07) is 0. The highest BCUT2D eigenvalue weighted by Crippen LogP contribution is 2.56. The van der Waals surface area contributed by atoms with Gasteiger partial charge in [0.2, 0.25) is 0 Å². The lowest BCUT2D eigenvalue weighted by Crippen LogP contribution is -2.39. The minimum atomic E-state index is 0.268. The van der Waals surface area contributed by atoms with Crippen molar-refractivity contribution in [2.75, 3.05) is 14.2 Å². The number of fused-ring (bicyclic) bond motifs is 1. The Morgan fingerprint density at radius 3 is 2.56 bits per heavy atom. The Hall–Kier alpha value is -0.960. The first-order valence-corrected chi connectivity index (χ1v) is 10.0. The molecule has 2 aliphatic rings. The van der Waals surface area contributed by atoms with Crippen molar-refractivity contribution < 1.29 is 14.6 Å². The lowest BCUT2D eigenvalue weighted by Gasteiger charge is -2.44. The third-order valence-corrected chi connectivity index (χ3v) is 6.97. The third-order valence-electron chi connectivity index (χ3n) is 6.97. The number of hydrogen-bond donors (Lipinski definition) is 1. The molecule has 0 saturated heterocycles. The normalized spacial score (nSPS) is 35.1. The fourth-order valence-electron chi connectivity index (χ4n) is 5.39. The standard InChI is InChI=1S/C22H38O3/c1-7-8-15(2)19(14-20(24-5)16(3)23)17-11-12-22(4)18(13-17)9-10-21(22)25-6/h14-15,17-18,21,23H,7-13H2,1-6H3/b19-14+,20-16-. The molecule has 0 amide bonds. The molecule has 2 saturated carbocycles. The van der Waals surface area contributed by atoms with Crippen molar-refractivity contribution in [3.8, 4) is 0 Å². The van der Waals surface area contributed by atoms with Gasteiger partial charge in [0, 0.05) is 7.11 Å². The highest BCUT2D eigenvalue weighted by atomic mass is 16.5. The summed E-state index contributed by atoms with van der Waals surface area (Å²) in [6.07, 6.45) is 11.1. The highest BCUT2D eigenvalue weighted by molar-refractivity contribution is 5.25. The SMILES string of the molecule is CCCC(C)/C(=C\C(OC)=C(/C)O)C1CCC2(C)C(CCC2OC)C1. The smallest absolute Gasteiger partial charge is 0.155 e. The van der Waals surface area contributed by atoms with Crippen LogP contribution in [-0.4, -0.2) is 25.4 Å². The van der Waals surface area contributed by atoms with E-state index in [9.17, 15) is 5.11 Å². The van der Waals surface area contributed by atoms with Crippen molar-refractivity contribution in [3.63, 3.8) is 0 Å². The lowest BCUT2D eigenvalue weighted by molar-refractivity contribution is -0.0252. The van der Waals surface area contributed by atoms with E-state index in [2.05, 4.69) is 26.8 Å². The Morgan fingerprint density at radius 1 is 1.28 bits per heavy atom. The molecule has 2 aliphatic carbocycles. The van der Waals surface area contributed by atoms with Crippen LogP contribution < -0.4 is 0 Å². The zero-order valence-electron chi connectivity index (χ0n) is 17.1. The number of rotatable bonds is 7. The molecule has 0 aliphatic heterocycles. The molecule has 0 aromatic carbocycles. The molecule has 25 heavy (non-hydrogen) atoms. The van der Waals surface area contributed by atoms with Crippen LogP contribution in [0.1, 0.15) is 72.6 Å². The van der Waals surface area contributed by atoms with E-state index in [-0.39, 0.29) is 5.76 Å². The molecule has 0 aromatic rings.